The van der Waals surface area contributed by atoms with Crippen LogP contribution in [0.1, 0.15) is 10.4 Å². The third-order valence-corrected chi connectivity index (χ3v) is 3.70. The van der Waals surface area contributed by atoms with E-state index in [4.69, 9.17) is 18.9 Å². The van der Waals surface area contributed by atoms with Crippen molar-refractivity contribution in [3.63, 3.8) is 0 Å². The summed E-state index contributed by atoms with van der Waals surface area (Å²) in [5.41, 5.74) is 0.761. The van der Waals surface area contributed by atoms with E-state index in [1.165, 1.54) is 28.4 Å². The van der Waals surface area contributed by atoms with Crippen molar-refractivity contribution in [3.8, 4) is 23.0 Å². The molecule has 0 atom stereocenters. The number of carbonyl (C=O) groups is 2. The minimum atomic E-state index is -0.431. The molecule has 0 radical (unpaired) electrons. The summed E-state index contributed by atoms with van der Waals surface area (Å²) in [7, 11) is 6.00. The van der Waals surface area contributed by atoms with Crippen LogP contribution in [0.15, 0.2) is 36.4 Å². The maximum absolute atomic E-state index is 12.3. The smallest absolute Gasteiger partial charge is 0.251 e. The highest BCUT2D eigenvalue weighted by Gasteiger charge is 2.13. The van der Waals surface area contributed by atoms with Crippen LogP contribution >= 0.6 is 0 Å². The van der Waals surface area contributed by atoms with E-state index in [-0.39, 0.29) is 6.54 Å². The van der Waals surface area contributed by atoms with Crippen LogP contribution in [0.5, 0.6) is 23.0 Å². The summed E-state index contributed by atoms with van der Waals surface area (Å²) >= 11 is 0. The summed E-state index contributed by atoms with van der Waals surface area (Å²) in [6.07, 6.45) is 0. The van der Waals surface area contributed by atoms with E-state index in [9.17, 15) is 9.59 Å². The second-order valence-corrected chi connectivity index (χ2v) is 5.40. The van der Waals surface area contributed by atoms with Gasteiger partial charge in [-0.1, -0.05) is 0 Å². The van der Waals surface area contributed by atoms with Crippen LogP contribution in [0.2, 0.25) is 0 Å². The minimum absolute atomic E-state index is 0.223. The number of amides is 2. The van der Waals surface area contributed by atoms with Gasteiger partial charge in [-0.05, 0) is 24.3 Å². The fourth-order valence-corrected chi connectivity index (χ4v) is 2.31. The van der Waals surface area contributed by atoms with Gasteiger partial charge < -0.3 is 29.6 Å². The van der Waals surface area contributed by atoms with Gasteiger partial charge in [0.05, 0.1) is 40.7 Å². The Hall–Kier alpha value is -3.42. The molecule has 2 amide bonds. The lowest BCUT2D eigenvalue weighted by molar-refractivity contribution is -0.115. The minimum Gasteiger partial charge on any atom is -0.497 e. The van der Waals surface area contributed by atoms with Crippen LogP contribution in [0.25, 0.3) is 0 Å². The average molecular weight is 374 g/mol. The predicted octanol–water partition coefficient (Wildman–Crippen LogP) is 2.09. The fourth-order valence-electron chi connectivity index (χ4n) is 2.31. The molecule has 27 heavy (non-hydrogen) atoms. The first-order valence-electron chi connectivity index (χ1n) is 8.03. The summed E-state index contributed by atoms with van der Waals surface area (Å²) < 4.78 is 20.6. The number of rotatable bonds is 8. The fraction of sp³-hybridized carbons (Fsp3) is 0.263. The molecule has 0 aliphatic carbocycles. The molecule has 0 aromatic heterocycles. The SMILES string of the molecule is COc1cc(OC)cc(C(=O)NCC(=O)Nc2cc(OC)ccc2OC)c1. The van der Waals surface area contributed by atoms with E-state index in [2.05, 4.69) is 10.6 Å². The highest BCUT2D eigenvalue weighted by Crippen LogP contribution is 2.28. The highest BCUT2D eigenvalue weighted by atomic mass is 16.5. The Labute approximate surface area is 157 Å². The molecule has 0 unspecified atom stereocenters. The lowest BCUT2D eigenvalue weighted by Crippen LogP contribution is -2.33. The Bertz CT molecular complexity index is 800. The largest absolute Gasteiger partial charge is 0.497 e. The van der Waals surface area contributed by atoms with E-state index in [0.717, 1.165) is 0 Å². The van der Waals surface area contributed by atoms with Gasteiger partial charge in [-0.2, -0.15) is 0 Å². The maximum Gasteiger partial charge on any atom is 0.251 e. The van der Waals surface area contributed by atoms with Gasteiger partial charge in [0.15, 0.2) is 0 Å². The Kier molecular flexibility index (Phi) is 6.87. The second kappa shape index (κ2) is 9.33. The Balaban J connectivity index is 2.02. The monoisotopic (exact) mass is 374 g/mol. The van der Waals surface area contributed by atoms with Gasteiger partial charge in [0.2, 0.25) is 5.91 Å². The van der Waals surface area contributed by atoms with E-state index >= 15 is 0 Å². The zero-order valence-electron chi connectivity index (χ0n) is 15.6. The zero-order valence-corrected chi connectivity index (χ0v) is 15.6. The van der Waals surface area contributed by atoms with Gasteiger partial charge in [-0.15, -0.1) is 0 Å². The molecule has 8 nitrogen and oxygen atoms in total. The first-order valence-corrected chi connectivity index (χ1v) is 8.03. The molecule has 0 saturated heterocycles. The first-order chi connectivity index (χ1) is 13.0. The van der Waals surface area contributed by atoms with Crippen LogP contribution in [-0.2, 0) is 4.79 Å². The first kappa shape index (κ1) is 19.9. The zero-order chi connectivity index (χ0) is 19.8. The molecular formula is C19H22N2O6. The Morgan fingerprint density at radius 3 is 2.00 bits per heavy atom. The van der Waals surface area contributed by atoms with Gasteiger partial charge in [0, 0.05) is 17.7 Å². The number of hydrogen-bond acceptors (Lipinski definition) is 6. The molecule has 0 fully saturated rings. The number of methoxy groups -OCH3 is 4. The third-order valence-electron chi connectivity index (χ3n) is 3.70. The summed E-state index contributed by atoms with van der Waals surface area (Å²) in [5.74, 6) is 1.16. The second-order valence-electron chi connectivity index (χ2n) is 5.40. The molecule has 0 aliphatic rings. The van der Waals surface area contributed by atoms with Crippen LogP contribution in [0, 0.1) is 0 Å². The van der Waals surface area contributed by atoms with Crippen molar-refractivity contribution in [3.05, 3.63) is 42.0 Å². The van der Waals surface area contributed by atoms with Gasteiger partial charge in [-0.3, -0.25) is 9.59 Å². The predicted molar refractivity (Wildman–Crippen MR) is 100 cm³/mol. The standard InChI is InChI=1S/C19H22N2O6/c1-24-13-5-6-17(27-4)16(10-13)21-18(22)11-20-19(23)12-7-14(25-2)9-15(8-12)26-3/h5-10H,11H2,1-4H3,(H,20,23)(H,21,22). The average Bonchev–Trinajstić information content (AvgIpc) is 2.71. The van der Waals surface area contributed by atoms with Crippen LogP contribution in [0.3, 0.4) is 0 Å². The molecule has 0 bridgehead atoms. The molecule has 8 heteroatoms. The summed E-state index contributed by atoms with van der Waals surface area (Å²) in [6.45, 7) is -0.223. The van der Waals surface area contributed by atoms with Gasteiger partial charge >= 0.3 is 0 Å². The maximum atomic E-state index is 12.3. The van der Waals surface area contributed by atoms with Crippen molar-refractivity contribution >= 4 is 17.5 Å². The lowest BCUT2D eigenvalue weighted by atomic mass is 10.2. The molecule has 0 heterocycles. The van der Waals surface area contributed by atoms with Crippen LogP contribution < -0.4 is 29.6 Å². The Morgan fingerprint density at radius 1 is 0.815 bits per heavy atom. The quantitative estimate of drug-likeness (QED) is 0.735. The Morgan fingerprint density at radius 2 is 1.44 bits per heavy atom. The van der Waals surface area contributed by atoms with Gasteiger partial charge in [-0.25, -0.2) is 0 Å². The number of anilines is 1. The number of benzene rings is 2. The van der Waals surface area contributed by atoms with Crippen molar-refractivity contribution in [2.75, 3.05) is 40.3 Å². The number of nitrogens with one attached hydrogen (secondary N) is 2. The highest BCUT2D eigenvalue weighted by molar-refractivity contribution is 6.00. The van der Waals surface area contributed by atoms with E-state index in [1.54, 1.807) is 36.4 Å². The van der Waals surface area contributed by atoms with Crippen molar-refractivity contribution in [1.82, 2.24) is 5.32 Å². The molecule has 2 aromatic carbocycles. The van der Waals surface area contributed by atoms with Crippen molar-refractivity contribution in [2.45, 2.75) is 0 Å². The third kappa shape index (κ3) is 5.27. The van der Waals surface area contributed by atoms with E-state index in [1.807, 2.05) is 0 Å². The molecular weight excluding hydrogens is 352 g/mol. The molecule has 2 N–H and O–H groups in total. The van der Waals surface area contributed by atoms with Gasteiger partial charge in [0.25, 0.3) is 5.91 Å². The number of ether oxygens (including phenoxy) is 4. The van der Waals surface area contributed by atoms with Crippen molar-refractivity contribution < 1.29 is 28.5 Å². The van der Waals surface area contributed by atoms with E-state index in [0.29, 0.717) is 34.2 Å². The van der Waals surface area contributed by atoms with Crippen LogP contribution in [-0.4, -0.2) is 46.8 Å². The van der Waals surface area contributed by atoms with E-state index < -0.39 is 11.8 Å². The molecule has 2 rings (SSSR count). The topological polar surface area (TPSA) is 95.1 Å². The number of hydrogen-bond donors (Lipinski definition) is 2. The molecule has 2 aromatic rings. The van der Waals surface area contributed by atoms with Crippen molar-refractivity contribution in [2.24, 2.45) is 0 Å². The summed E-state index contributed by atoms with van der Waals surface area (Å²) in [6, 6.07) is 9.79. The summed E-state index contributed by atoms with van der Waals surface area (Å²) in [4.78, 5) is 24.5. The van der Waals surface area contributed by atoms with Crippen molar-refractivity contribution in [1.29, 1.82) is 0 Å². The molecule has 144 valence electrons. The normalized spacial score (nSPS) is 9.93. The molecule has 0 spiro atoms. The molecule has 0 aliphatic heterocycles. The molecule has 0 saturated carbocycles. The lowest BCUT2D eigenvalue weighted by Gasteiger charge is -2.12. The van der Waals surface area contributed by atoms with Crippen LogP contribution in [0.4, 0.5) is 5.69 Å². The number of carbonyl (C=O) groups excluding carboxylic acids is 2. The summed E-state index contributed by atoms with van der Waals surface area (Å²) in [5, 5.41) is 5.23. The van der Waals surface area contributed by atoms with Gasteiger partial charge in [0.1, 0.15) is 23.0 Å².